The van der Waals surface area contributed by atoms with Gasteiger partial charge in [0, 0.05) is 17.9 Å². The van der Waals surface area contributed by atoms with Gasteiger partial charge < -0.3 is 15.2 Å². The van der Waals surface area contributed by atoms with Crippen molar-refractivity contribution in [3.63, 3.8) is 0 Å². The first-order chi connectivity index (χ1) is 9.63. The minimum atomic E-state index is -0.820. The van der Waals surface area contributed by atoms with Gasteiger partial charge in [0.2, 0.25) is 5.91 Å². The summed E-state index contributed by atoms with van der Waals surface area (Å²) in [5.74, 6) is 2.37. The first kappa shape index (κ1) is 16.2. The number of hydrogen-bond acceptors (Lipinski definition) is 5. The summed E-state index contributed by atoms with van der Waals surface area (Å²) in [4.78, 5) is 21.5. The maximum atomic E-state index is 11.1. The molecule has 0 aliphatic rings. The van der Waals surface area contributed by atoms with Gasteiger partial charge in [-0.15, -0.1) is 0 Å². The molecule has 7 heteroatoms. The van der Waals surface area contributed by atoms with Gasteiger partial charge in [0.1, 0.15) is 0 Å². The highest BCUT2D eigenvalue weighted by molar-refractivity contribution is 7.99. The van der Waals surface area contributed by atoms with Crippen molar-refractivity contribution >= 4 is 23.7 Å². The average Bonchev–Trinajstić information content (AvgIpc) is 2.42. The number of imide groups is 1. The topological polar surface area (TPSA) is 90.7 Å². The Hall–Kier alpha value is -1.89. The van der Waals surface area contributed by atoms with E-state index in [0.717, 1.165) is 5.75 Å². The van der Waals surface area contributed by atoms with Gasteiger partial charge in [0.15, 0.2) is 11.5 Å². The van der Waals surface area contributed by atoms with Crippen molar-refractivity contribution in [2.45, 2.75) is 6.42 Å². The van der Waals surface area contributed by atoms with Crippen LogP contribution in [-0.2, 0) is 4.79 Å². The van der Waals surface area contributed by atoms with Crippen LogP contribution in [0.3, 0.4) is 0 Å². The number of methoxy groups -OCH3 is 1. The lowest BCUT2D eigenvalue weighted by atomic mass is 10.3. The van der Waals surface area contributed by atoms with Crippen LogP contribution in [0.4, 0.5) is 4.79 Å². The van der Waals surface area contributed by atoms with Crippen molar-refractivity contribution < 1.29 is 19.1 Å². The molecule has 0 heterocycles. The molecule has 3 N–H and O–H groups in total. The van der Waals surface area contributed by atoms with E-state index in [-0.39, 0.29) is 12.3 Å². The van der Waals surface area contributed by atoms with Gasteiger partial charge in [-0.3, -0.25) is 10.1 Å². The van der Waals surface area contributed by atoms with Gasteiger partial charge in [-0.25, -0.2) is 4.79 Å². The predicted molar refractivity (Wildman–Crippen MR) is 78.2 cm³/mol. The molecular weight excluding hydrogens is 280 g/mol. The zero-order valence-corrected chi connectivity index (χ0v) is 12.1. The van der Waals surface area contributed by atoms with Crippen LogP contribution >= 0.6 is 11.8 Å². The fourth-order valence-electron chi connectivity index (χ4n) is 1.42. The number of amides is 3. The molecule has 0 aromatic heterocycles. The predicted octanol–water partition coefficient (Wildman–Crippen LogP) is 1.39. The Morgan fingerprint density at radius 2 is 1.95 bits per heavy atom. The van der Waals surface area contributed by atoms with E-state index in [1.54, 1.807) is 18.9 Å². The molecule has 0 spiro atoms. The van der Waals surface area contributed by atoms with Gasteiger partial charge in [-0.05, 0) is 12.1 Å². The van der Waals surface area contributed by atoms with Crippen molar-refractivity contribution in [3.8, 4) is 11.5 Å². The van der Waals surface area contributed by atoms with Crippen LogP contribution in [0.25, 0.3) is 0 Å². The molecule has 1 rings (SSSR count). The number of urea groups is 1. The van der Waals surface area contributed by atoms with Crippen LogP contribution in [-0.4, -0.2) is 37.2 Å². The molecule has 110 valence electrons. The first-order valence-corrected chi connectivity index (χ1v) is 7.22. The summed E-state index contributed by atoms with van der Waals surface area (Å²) in [6.07, 6.45) is 0.252. The monoisotopic (exact) mass is 298 g/mol. The highest BCUT2D eigenvalue weighted by atomic mass is 32.2. The molecule has 0 unspecified atom stereocenters. The van der Waals surface area contributed by atoms with Crippen LogP contribution in [0.1, 0.15) is 6.42 Å². The minimum Gasteiger partial charge on any atom is -0.493 e. The summed E-state index contributed by atoms with van der Waals surface area (Å²) in [6.45, 7) is 0.516. The summed E-state index contributed by atoms with van der Waals surface area (Å²) >= 11 is 1.56. The number of hydrogen-bond donors (Lipinski definition) is 2. The van der Waals surface area contributed by atoms with Crippen LogP contribution in [0.2, 0.25) is 0 Å². The smallest absolute Gasteiger partial charge is 0.318 e. The van der Waals surface area contributed by atoms with Crippen LogP contribution < -0.4 is 20.5 Å². The molecule has 0 atom stereocenters. The normalized spacial score (nSPS) is 9.85. The number of ether oxygens (including phenoxy) is 2. The Morgan fingerprint density at radius 3 is 2.60 bits per heavy atom. The van der Waals surface area contributed by atoms with Gasteiger partial charge in [0.05, 0.1) is 13.7 Å². The van der Waals surface area contributed by atoms with E-state index in [4.69, 9.17) is 15.2 Å². The van der Waals surface area contributed by atoms with E-state index in [1.807, 2.05) is 29.6 Å². The highest BCUT2D eigenvalue weighted by Gasteiger charge is 2.04. The summed E-state index contributed by atoms with van der Waals surface area (Å²) in [7, 11) is 1.59. The van der Waals surface area contributed by atoms with Crippen LogP contribution in [0.5, 0.6) is 11.5 Å². The second kappa shape index (κ2) is 9.08. The Labute approximate surface area is 122 Å². The summed E-state index contributed by atoms with van der Waals surface area (Å²) in [5, 5.41) is 2.01. The number of nitrogens with one attached hydrogen (secondary N) is 1. The average molecular weight is 298 g/mol. The molecule has 20 heavy (non-hydrogen) atoms. The Balaban J connectivity index is 2.13. The third-order valence-corrected chi connectivity index (χ3v) is 3.24. The highest BCUT2D eigenvalue weighted by Crippen LogP contribution is 2.25. The van der Waals surface area contributed by atoms with Gasteiger partial charge in [-0.2, -0.15) is 11.8 Å². The number of rotatable bonds is 8. The van der Waals surface area contributed by atoms with Crippen molar-refractivity contribution in [1.82, 2.24) is 5.32 Å². The second-order valence-electron chi connectivity index (χ2n) is 3.77. The van der Waals surface area contributed by atoms with E-state index in [0.29, 0.717) is 23.9 Å². The summed E-state index contributed by atoms with van der Waals surface area (Å²) in [5.41, 5.74) is 4.83. The molecule has 0 radical (unpaired) electrons. The van der Waals surface area contributed by atoms with Crippen LogP contribution in [0, 0.1) is 0 Å². The summed E-state index contributed by atoms with van der Waals surface area (Å²) in [6, 6.07) is 6.59. The molecule has 0 bridgehead atoms. The Bertz CT molecular complexity index is 454. The van der Waals surface area contributed by atoms with Gasteiger partial charge in [-0.1, -0.05) is 12.1 Å². The standard InChI is InChI=1S/C13H18N2O4S/c1-18-10-4-2-3-5-11(10)19-7-9-20-8-6-12(16)15-13(14)17/h2-5H,6-9H2,1H3,(H3,14,15,16,17). The lowest BCUT2D eigenvalue weighted by Gasteiger charge is -2.09. The van der Waals surface area contributed by atoms with Crippen molar-refractivity contribution in [1.29, 1.82) is 0 Å². The maximum Gasteiger partial charge on any atom is 0.318 e. The van der Waals surface area contributed by atoms with Gasteiger partial charge in [0.25, 0.3) is 0 Å². The SMILES string of the molecule is COc1ccccc1OCCSCCC(=O)NC(N)=O. The lowest BCUT2D eigenvalue weighted by molar-refractivity contribution is -0.119. The van der Waals surface area contributed by atoms with Crippen LogP contribution in [0.15, 0.2) is 24.3 Å². The second-order valence-corrected chi connectivity index (χ2v) is 5.00. The largest absolute Gasteiger partial charge is 0.493 e. The zero-order chi connectivity index (χ0) is 14.8. The molecular formula is C13H18N2O4S. The zero-order valence-electron chi connectivity index (χ0n) is 11.3. The maximum absolute atomic E-state index is 11.1. The number of benzene rings is 1. The Kier molecular flexibility index (Phi) is 7.34. The van der Waals surface area contributed by atoms with E-state index in [2.05, 4.69) is 0 Å². The number of nitrogens with two attached hydrogens (primary N) is 1. The number of thioether (sulfide) groups is 1. The van der Waals surface area contributed by atoms with E-state index in [1.165, 1.54) is 0 Å². The van der Waals surface area contributed by atoms with E-state index >= 15 is 0 Å². The van der Waals surface area contributed by atoms with Crippen molar-refractivity contribution in [2.75, 3.05) is 25.2 Å². The molecule has 3 amide bonds. The quantitative estimate of drug-likeness (QED) is 0.708. The molecule has 6 nitrogen and oxygen atoms in total. The molecule has 0 fully saturated rings. The molecule has 0 saturated carbocycles. The van der Waals surface area contributed by atoms with E-state index in [9.17, 15) is 9.59 Å². The first-order valence-electron chi connectivity index (χ1n) is 6.06. The van der Waals surface area contributed by atoms with Gasteiger partial charge >= 0.3 is 6.03 Å². The molecule has 0 saturated heterocycles. The number of primary amides is 1. The molecule has 0 aliphatic heterocycles. The minimum absolute atomic E-state index is 0.252. The fourth-order valence-corrected chi connectivity index (χ4v) is 2.15. The van der Waals surface area contributed by atoms with Crippen molar-refractivity contribution in [3.05, 3.63) is 24.3 Å². The summed E-state index contributed by atoms with van der Waals surface area (Å²) < 4.78 is 10.7. The third-order valence-electron chi connectivity index (χ3n) is 2.29. The number of para-hydroxylation sites is 2. The fraction of sp³-hybridized carbons (Fsp3) is 0.385. The number of carbonyl (C=O) groups is 2. The van der Waals surface area contributed by atoms with Crippen molar-refractivity contribution in [2.24, 2.45) is 5.73 Å². The molecule has 0 aliphatic carbocycles. The molecule has 1 aromatic carbocycles. The number of carbonyl (C=O) groups excluding carboxylic acids is 2. The third kappa shape index (κ3) is 6.33. The molecule has 1 aromatic rings. The lowest BCUT2D eigenvalue weighted by Crippen LogP contribution is -2.35. The Morgan fingerprint density at radius 1 is 1.25 bits per heavy atom. The van der Waals surface area contributed by atoms with E-state index < -0.39 is 6.03 Å².